The predicted octanol–water partition coefficient (Wildman–Crippen LogP) is 1.98. The van der Waals surface area contributed by atoms with Gasteiger partial charge >= 0.3 is 5.69 Å². The standard InChI is InChI=1S/C14H15FN2O5/c1-22-13-6-10(11(15)7-12(13)17(20)21)14(19)16-8-2-4-9(18)5-3-8/h6-8H,2-5H2,1H3,(H,16,19). The molecule has 1 fully saturated rings. The summed E-state index contributed by atoms with van der Waals surface area (Å²) in [4.78, 5) is 33.3. The number of hydrogen-bond acceptors (Lipinski definition) is 5. The van der Waals surface area contributed by atoms with Gasteiger partial charge in [-0.2, -0.15) is 0 Å². The van der Waals surface area contributed by atoms with Gasteiger partial charge in [-0.3, -0.25) is 19.7 Å². The van der Waals surface area contributed by atoms with Gasteiger partial charge in [-0.25, -0.2) is 4.39 Å². The minimum absolute atomic E-state index is 0.147. The quantitative estimate of drug-likeness (QED) is 0.677. The van der Waals surface area contributed by atoms with Crippen LogP contribution in [0.4, 0.5) is 10.1 Å². The summed E-state index contributed by atoms with van der Waals surface area (Å²) < 4.78 is 18.7. The van der Waals surface area contributed by atoms with Crippen LogP contribution < -0.4 is 10.1 Å². The topological polar surface area (TPSA) is 98.5 Å². The molecule has 1 aromatic rings. The Morgan fingerprint density at radius 2 is 2.05 bits per heavy atom. The number of hydrogen-bond donors (Lipinski definition) is 1. The number of nitro benzene ring substituents is 1. The van der Waals surface area contributed by atoms with Crippen LogP contribution in [-0.4, -0.2) is 29.8 Å². The molecule has 1 aromatic carbocycles. The Morgan fingerprint density at radius 3 is 2.59 bits per heavy atom. The molecule has 0 radical (unpaired) electrons. The highest BCUT2D eigenvalue weighted by molar-refractivity contribution is 5.95. The van der Waals surface area contributed by atoms with Crippen LogP contribution >= 0.6 is 0 Å². The van der Waals surface area contributed by atoms with Crippen molar-refractivity contribution in [2.75, 3.05) is 7.11 Å². The molecular formula is C14H15FN2O5. The summed E-state index contributed by atoms with van der Waals surface area (Å²) in [6.45, 7) is 0. The molecule has 1 N–H and O–H groups in total. The summed E-state index contributed by atoms with van der Waals surface area (Å²) in [6.07, 6.45) is 1.79. The lowest BCUT2D eigenvalue weighted by Gasteiger charge is -2.22. The van der Waals surface area contributed by atoms with Crippen LogP contribution in [0.25, 0.3) is 0 Å². The fourth-order valence-electron chi connectivity index (χ4n) is 2.37. The number of carbonyl (C=O) groups excluding carboxylic acids is 2. The highest BCUT2D eigenvalue weighted by atomic mass is 19.1. The first kappa shape index (κ1) is 15.9. The van der Waals surface area contributed by atoms with Crippen molar-refractivity contribution in [3.63, 3.8) is 0 Å². The van der Waals surface area contributed by atoms with Crippen LogP contribution in [-0.2, 0) is 4.79 Å². The Kier molecular flexibility index (Phi) is 4.69. The van der Waals surface area contributed by atoms with Gasteiger partial charge in [0.2, 0.25) is 0 Å². The van der Waals surface area contributed by atoms with Gasteiger partial charge in [0, 0.05) is 24.9 Å². The number of carbonyl (C=O) groups is 2. The summed E-state index contributed by atoms with van der Waals surface area (Å²) in [7, 11) is 1.20. The SMILES string of the molecule is COc1cc(C(=O)NC2CCC(=O)CC2)c(F)cc1[N+](=O)[O-]. The molecule has 0 saturated heterocycles. The third-order valence-electron chi connectivity index (χ3n) is 3.59. The molecule has 0 unspecified atom stereocenters. The Labute approximate surface area is 125 Å². The van der Waals surface area contributed by atoms with Crippen LogP contribution in [0.3, 0.4) is 0 Å². The zero-order valence-corrected chi connectivity index (χ0v) is 11.9. The molecule has 0 spiro atoms. The van der Waals surface area contributed by atoms with E-state index in [1.165, 1.54) is 7.11 Å². The van der Waals surface area contributed by atoms with Gasteiger partial charge in [0.25, 0.3) is 5.91 Å². The van der Waals surface area contributed by atoms with E-state index in [-0.39, 0.29) is 23.1 Å². The first-order valence-electron chi connectivity index (χ1n) is 6.77. The maximum atomic E-state index is 13.9. The van der Waals surface area contributed by atoms with Gasteiger partial charge < -0.3 is 10.1 Å². The van der Waals surface area contributed by atoms with Crippen LogP contribution in [0.2, 0.25) is 0 Å². The normalized spacial score (nSPS) is 15.5. The van der Waals surface area contributed by atoms with Crippen LogP contribution in [0.1, 0.15) is 36.0 Å². The zero-order chi connectivity index (χ0) is 16.3. The Morgan fingerprint density at radius 1 is 1.41 bits per heavy atom. The third kappa shape index (κ3) is 3.38. The fraction of sp³-hybridized carbons (Fsp3) is 0.429. The number of ketones is 1. The average Bonchev–Trinajstić information content (AvgIpc) is 2.49. The molecule has 2 rings (SSSR count). The monoisotopic (exact) mass is 310 g/mol. The van der Waals surface area contributed by atoms with Crippen molar-refractivity contribution in [1.82, 2.24) is 5.32 Å². The predicted molar refractivity (Wildman–Crippen MR) is 74.3 cm³/mol. The molecule has 7 nitrogen and oxygen atoms in total. The van der Waals surface area contributed by atoms with Gasteiger partial charge in [0.15, 0.2) is 5.75 Å². The number of halogens is 1. The lowest BCUT2D eigenvalue weighted by Crippen LogP contribution is -2.38. The number of Topliss-reactive ketones (excluding diaryl/α,β-unsaturated/α-hetero) is 1. The maximum Gasteiger partial charge on any atom is 0.313 e. The van der Waals surface area contributed by atoms with Crippen molar-refractivity contribution in [2.24, 2.45) is 0 Å². The van der Waals surface area contributed by atoms with E-state index in [4.69, 9.17) is 4.74 Å². The van der Waals surface area contributed by atoms with Crippen molar-refractivity contribution in [3.8, 4) is 5.75 Å². The molecule has 22 heavy (non-hydrogen) atoms. The van der Waals surface area contributed by atoms with E-state index in [0.29, 0.717) is 31.7 Å². The smallest absolute Gasteiger partial charge is 0.313 e. The van der Waals surface area contributed by atoms with E-state index in [1.807, 2.05) is 0 Å². The molecule has 0 atom stereocenters. The summed E-state index contributed by atoms with van der Waals surface area (Å²) in [6, 6.07) is 1.47. The second-order valence-corrected chi connectivity index (χ2v) is 5.05. The van der Waals surface area contributed by atoms with Crippen LogP contribution in [0, 0.1) is 15.9 Å². The minimum atomic E-state index is -0.989. The van der Waals surface area contributed by atoms with Crippen molar-refractivity contribution >= 4 is 17.4 Å². The third-order valence-corrected chi connectivity index (χ3v) is 3.59. The van der Waals surface area contributed by atoms with E-state index in [1.54, 1.807) is 0 Å². The second kappa shape index (κ2) is 6.50. The molecule has 1 amide bonds. The molecular weight excluding hydrogens is 295 g/mol. The number of amides is 1. The summed E-state index contributed by atoms with van der Waals surface area (Å²) in [5.74, 6) is -1.70. The molecule has 0 aliphatic heterocycles. The molecule has 0 bridgehead atoms. The fourth-order valence-corrected chi connectivity index (χ4v) is 2.37. The lowest BCUT2D eigenvalue weighted by atomic mass is 9.94. The molecule has 118 valence electrons. The number of nitrogens with zero attached hydrogens (tertiary/aromatic N) is 1. The average molecular weight is 310 g/mol. The van der Waals surface area contributed by atoms with E-state index in [0.717, 1.165) is 6.07 Å². The van der Waals surface area contributed by atoms with Crippen LogP contribution in [0.5, 0.6) is 5.75 Å². The highest BCUT2D eigenvalue weighted by Crippen LogP contribution is 2.30. The molecule has 1 aliphatic rings. The zero-order valence-electron chi connectivity index (χ0n) is 11.9. The summed E-state index contributed by atoms with van der Waals surface area (Å²) in [5, 5.41) is 13.4. The van der Waals surface area contributed by atoms with Gasteiger partial charge in [0.1, 0.15) is 11.6 Å². The first-order valence-corrected chi connectivity index (χ1v) is 6.77. The molecule has 1 saturated carbocycles. The summed E-state index contributed by atoms with van der Waals surface area (Å²) in [5.41, 5.74) is -0.862. The van der Waals surface area contributed by atoms with E-state index >= 15 is 0 Å². The number of rotatable bonds is 4. The van der Waals surface area contributed by atoms with Gasteiger partial charge in [-0.05, 0) is 12.8 Å². The van der Waals surface area contributed by atoms with Gasteiger partial charge in [-0.15, -0.1) is 0 Å². The van der Waals surface area contributed by atoms with E-state index in [9.17, 15) is 24.1 Å². The number of nitro groups is 1. The van der Waals surface area contributed by atoms with Crippen molar-refractivity contribution in [2.45, 2.75) is 31.7 Å². The Hall–Kier alpha value is -2.51. The van der Waals surface area contributed by atoms with Crippen molar-refractivity contribution < 1.29 is 23.6 Å². The van der Waals surface area contributed by atoms with Gasteiger partial charge in [0.05, 0.1) is 23.7 Å². The minimum Gasteiger partial charge on any atom is -0.490 e. The number of methoxy groups -OCH3 is 1. The second-order valence-electron chi connectivity index (χ2n) is 5.05. The number of ether oxygens (including phenoxy) is 1. The Balaban J connectivity index is 2.19. The van der Waals surface area contributed by atoms with Gasteiger partial charge in [-0.1, -0.05) is 0 Å². The van der Waals surface area contributed by atoms with E-state index < -0.39 is 22.3 Å². The molecule has 8 heteroatoms. The molecule has 1 aliphatic carbocycles. The van der Waals surface area contributed by atoms with Crippen molar-refractivity contribution in [1.29, 1.82) is 0 Å². The highest BCUT2D eigenvalue weighted by Gasteiger charge is 2.25. The maximum absolute atomic E-state index is 13.9. The molecule has 0 aromatic heterocycles. The number of benzene rings is 1. The summed E-state index contributed by atoms with van der Waals surface area (Å²) >= 11 is 0. The van der Waals surface area contributed by atoms with Crippen LogP contribution in [0.15, 0.2) is 12.1 Å². The first-order chi connectivity index (χ1) is 10.4. The largest absolute Gasteiger partial charge is 0.490 e. The number of nitrogens with one attached hydrogen (secondary N) is 1. The Bertz CT molecular complexity index is 622. The lowest BCUT2D eigenvalue weighted by molar-refractivity contribution is -0.385. The molecule has 0 heterocycles. The van der Waals surface area contributed by atoms with Crippen molar-refractivity contribution in [3.05, 3.63) is 33.6 Å². The van der Waals surface area contributed by atoms with E-state index in [2.05, 4.69) is 5.32 Å².